The van der Waals surface area contributed by atoms with Gasteiger partial charge in [-0.15, -0.1) is 16.8 Å². The smallest absolute Gasteiger partial charge is 0.191 e. The van der Waals surface area contributed by atoms with Crippen LogP contribution in [0.5, 0.6) is 5.75 Å². The van der Waals surface area contributed by atoms with E-state index in [2.05, 4.69) is 16.8 Å². The first-order valence-corrected chi connectivity index (χ1v) is 8.88. The SMILES string of the molecule is C=CCn1c(SCCOc2ccccc2)nnc1-c1ccccc1F. The van der Waals surface area contributed by atoms with Crippen LogP contribution in [0.15, 0.2) is 72.4 Å². The Kier molecular flexibility index (Phi) is 5.85. The second-order valence-corrected chi connectivity index (χ2v) is 6.26. The first-order valence-electron chi connectivity index (χ1n) is 7.89. The second kappa shape index (κ2) is 8.48. The van der Waals surface area contributed by atoms with E-state index in [1.54, 1.807) is 24.3 Å². The summed E-state index contributed by atoms with van der Waals surface area (Å²) in [5, 5.41) is 9.09. The molecule has 1 aromatic heterocycles. The van der Waals surface area contributed by atoms with Gasteiger partial charge in [0, 0.05) is 12.3 Å². The van der Waals surface area contributed by atoms with Crippen molar-refractivity contribution in [2.24, 2.45) is 0 Å². The third-order valence-corrected chi connectivity index (χ3v) is 4.40. The highest BCUT2D eigenvalue weighted by Gasteiger charge is 2.16. The van der Waals surface area contributed by atoms with E-state index in [-0.39, 0.29) is 5.82 Å². The van der Waals surface area contributed by atoms with Crippen molar-refractivity contribution in [1.82, 2.24) is 14.8 Å². The molecule has 0 aliphatic heterocycles. The van der Waals surface area contributed by atoms with Gasteiger partial charge in [0.2, 0.25) is 0 Å². The van der Waals surface area contributed by atoms with Crippen LogP contribution in [-0.4, -0.2) is 27.1 Å². The van der Waals surface area contributed by atoms with Gasteiger partial charge < -0.3 is 4.74 Å². The van der Waals surface area contributed by atoms with Crippen molar-refractivity contribution in [1.29, 1.82) is 0 Å². The Hall–Kier alpha value is -2.60. The Morgan fingerprint density at radius 3 is 2.60 bits per heavy atom. The minimum absolute atomic E-state index is 0.316. The third-order valence-electron chi connectivity index (χ3n) is 3.47. The fraction of sp³-hybridized carbons (Fsp3) is 0.158. The van der Waals surface area contributed by atoms with Crippen LogP contribution in [0.2, 0.25) is 0 Å². The summed E-state index contributed by atoms with van der Waals surface area (Å²) in [4.78, 5) is 0. The minimum Gasteiger partial charge on any atom is -0.493 e. The molecule has 1 heterocycles. The molecule has 3 aromatic rings. The van der Waals surface area contributed by atoms with Crippen LogP contribution in [0.4, 0.5) is 4.39 Å². The summed E-state index contributed by atoms with van der Waals surface area (Å²) in [6.45, 7) is 4.82. The zero-order valence-electron chi connectivity index (χ0n) is 13.6. The number of hydrogen-bond donors (Lipinski definition) is 0. The van der Waals surface area contributed by atoms with Gasteiger partial charge >= 0.3 is 0 Å². The third kappa shape index (κ3) is 4.28. The Labute approximate surface area is 150 Å². The number of ether oxygens (including phenoxy) is 1. The number of rotatable bonds is 8. The molecular weight excluding hydrogens is 337 g/mol. The molecule has 0 fully saturated rings. The number of hydrogen-bond acceptors (Lipinski definition) is 4. The molecule has 0 spiro atoms. The molecule has 0 bridgehead atoms. The standard InChI is InChI=1S/C19H18FN3OS/c1-2-12-23-18(16-10-6-7-11-17(16)20)21-22-19(23)25-14-13-24-15-8-4-3-5-9-15/h2-11H,1,12-14H2. The minimum atomic E-state index is -0.316. The number of benzene rings is 2. The topological polar surface area (TPSA) is 39.9 Å². The van der Waals surface area contributed by atoms with E-state index in [1.807, 2.05) is 34.9 Å². The van der Waals surface area contributed by atoms with Crippen LogP contribution in [0.25, 0.3) is 11.4 Å². The van der Waals surface area contributed by atoms with Crippen molar-refractivity contribution in [3.63, 3.8) is 0 Å². The Morgan fingerprint density at radius 1 is 1.08 bits per heavy atom. The van der Waals surface area contributed by atoms with Crippen LogP contribution in [0, 0.1) is 5.82 Å². The Morgan fingerprint density at radius 2 is 1.84 bits per heavy atom. The lowest BCUT2D eigenvalue weighted by molar-refractivity contribution is 0.344. The van der Waals surface area contributed by atoms with E-state index < -0.39 is 0 Å². The summed E-state index contributed by atoms with van der Waals surface area (Å²) in [6, 6.07) is 16.2. The largest absolute Gasteiger partial charge is 0.493 e. The Bertz CT molecular complexity index is 836. The molecule has 0 N–H and O–H groups in total. The molecule has 4 nitrogen and oxygen atoms in total. The predicted molar refractivity (Wildman–Crippen MR) is 98.3 cm³/mol. The zero-order valence-corrected chi connectivity index (χ0v) is 14.5. The van der Waals surface area contributed by atoms with Gasteiger partial charge in [-0.3, -0.25) is 4.57 Å². The van der Waals surface area contributed by atoms with E-state index >= 15 is 0 Å². The number of para-hydroxylation sites is 1. The molecule has 0 atom stereocenters. The quantitative estimate of drug-likeness (QED) is 0.340. The fourth-order valence-corrected chi connectivity index (χ4v) is 3.10. The van der Waals surface area contributed by atoms with Crippen molar-refractivity contribution in [2.75, 3.05) is 12.4 Å². The first-order chi connectivity index (χ1) is 12.3. The van der Waals surface area contributed by atoms with Gasteiger partial charge in [-0.05, 0) is 24.3 Å². The molecular formula is C19H18FN3OS. The van der Waals surface area contributed by atoms with Crippen molar-refractivity contribution < 1.29 is 9.13 Å². The maximum absolute atomic E-state index is 14.1. The normalized spacial score (nSPS) is 10.6. The van der Waals surface area contributed by atoms with Gasteiger partial charge in [-0.25, -0.2) is 4.39 Å². The van der Waals surface area contributed by atoms with Crippen LogP contribution in [-0.2, 0) is 6.54 Å². The molecule has 0 amide bonds. The number of thioether (sulfide) groups is 1. The molecule has 0 saturated heterocycles. The lowest BCUT2D eigenvalue weighted by Gasteiger charge is -2.09. The van der Waals surface area contributed by atoms with Crippen LogP contribution < -0.4 is 4.74 Å². The summed E-state index contributed by atoms with van der Waals surface area (Å²) < 4.78 is 21.6. The first kappa shape index (κ1) is 17.2. The summed E-state index contributed by atoms with van der Waals surface area (Å²) >= 11 is 1.52. The van der Waals surface area contributed by atoms with E-state index in [0.717, 1.165) is 10.9 Å². The average molecular weight is 355 g/mol. The molecule has 128 valence electrons. The van der Waals surface area contributed by atoms with Crippen LogP contribution in [0.1, 0.15) is 0 Å². The lowest BCUT2D eigenvalue weighted by Crippen LogP contribution is -2.04. The van der Waals surface area contributed by atoms with Crippen molar-refractivity contribution in [2.45, 2.75) is 11.7 Å². The molecule has 0 aliphatic rings. The molecule has 3 rings (SSSR count). The monoisotopic (exact) mass is 355 g/mol. The van der Waals surface area contributed by atoms with Gasteiger partial charge in [0.15, 0.2) is 11.0 Å². The average Bonchev–Trinajstić information content (AvgIpc) is 3.03. The maximum atomic E-state index is 14.1. The molecule has 25 heavy (non-hydrogen) atoms. The highest BCUT2D eigenvalue weighted by Crippen LogP contribution is 2.26. The fourth-order valence-electron chi connectivity index (χ4n) is 2.34. The molecule has 2 aromatic carbocycles. The number of aromatic nitrogens is 3. The van der Waals surface area contributed by atoms with Crippen LogP contribution in [0.3, 0.4) is 0 Å². The van der Waals surface area contributed by atoms with E-state index in [1.165, 1.54) is 17.8 Å². The summed E-state index contributed by atoms with van der Waals surface area (Å²) in [7, 11) is 0. The Balaban J connectivity index is 1.69. The van der Waals surface area contributed by atoms with E-state index in [4.69, 9.17) is 4.74 Å². The molecule has 0 unspecified atom stereocenters. The predicted octanol–water partition coefficient (Wildman–Crippen LogP) is 4.44. The highest BCUT2D eigenvalue weighted by atomic mass is 32.2. The summed E-state index contributed by atoms with van der Waals surface area (Å²) in [5.41, 5.74) is 0.434. The van der Waals surface area contributed by atoms with Crippen molar-refractivity contribution in [3.8, 4) is 17.1 Å². The molecule has 0 saturated carbocycles. The summed E-state index contributed by atoms with van der Waals surface area (Å²) in [5.74, 6) is 1.73. The van der Waals surface area contributed by atoms with E-state index in [9.17, 15) is 4.39 Å². The van der Waals surface area contributed by atoms with Gasteiger partial charge in [-0.1, -0.05) is 48.2 Å². The second-order valence-electron chi connectivity index (χ2n) is 5.20. The molecule has 6 heteroatoms. The number of allylic oxidation sites excluding steroid dienone is 1. The lowest BCUT2D eigenvalue weighted by atomic mass is 10.2. The van der Waals surface area contributed by atoms with Crippen LogP contribution >= 0.6 is 11.8 Å². The summed E-state index contributed by atoms with van der Waals surface area (Å²) in [6.07, 6.45) is 1.75. The number of halogens is 1. The maximum Gasteiger partial charge on any atom is 0.191 e. The van der Waals surface area contributed by atoms with Gasteiger partial charge in [0.1, 0.15) is 11.6 Å². The van der Waals surface area contributed by atoms with Crippen molar-refractivity contribution >= 4 is 11.8 Å². The van der Waals surface area contributed by atoms with Gasteiger partial charge in [0.25, 0.3) is 0 Å². The van der Waals surface area contributed by atoms with Crippen molar-refractivity contribution in [3.05, 3.63) is 73.1 Å². The zero-order chi connectivity index (χ0) is 17.5. The number of nitrogens with zero attached hydrogens (tertiary/aromatic N) is 3. The van der Waals surface area contributed by atoms with Gasteiger partial charge in [0.05, 0.1) is 12.2 Å². The molecule has 0 radical (unpaired) electrons. The van der Waals surface area contributed by atoms with E-state index in [0.29, 0.717) is 30.3 Å². The molecule has 0 aliphatic carbocycles. The highest BCUT2D eigenvalue weighted by molar-refractivity contribution is 7.99. The van der Waals surface area contributed by atoms with Gasteiger partial charge in [-0.2, -0.15) is 0 Å².